The van der Waals surface area contributed by atoms with Crippen molar-refractivity contribution >= 4 is 33.2 Å². The normalized spacial score (nSPS) is 15.0. The number of sulfonamides is 1. The molecule has 1 saturated heterocycles. The number of anilines is 1. The van der Waals surface area contributed by atoms with Gasteiger partial charge in [-0.1, -0.05) is 49.7 Å². The van der Waals surface area contributed by atoms with Crippen molar-refractivity contribution in [2.45, 2.75) is 25.2 Å². The van der Waals surface area contributed by atoms with Gasteiger partial charge in [-0.25, -0.2) is 8.42 Å². The minimum atomic E-state index is -3.95. The lowest BCUT2D eigenvalue weighted by Gasteiger charge is -2.35. The standard InChI is InChI=1S/C25H32ClN3O3S/c1-4-13-29(24-11-6-5-10-23(24)26)33(31,32)22-9-7-8-21(19-22)25(30)28-17-15-27(16-18-28)14-12-20(2)3/h4-11,19-20H,1,12-18H2,2-3H3. The molecule has 0 aromatic heterocycles. The summed E-state index contributed by atoms with van der Waals surface area (Å²) < 4.78 is 28.2. The number of piperazine rings is 1. The Morgan fingerprint density at radius 2 is 1.82 bits per heavy atom. The van der Waals surface area contributed by atoms with Crippen LogP contribution >= 0.6 is 11.6 Å². The van der Waals surface area contributed by atoms with E-state index in [1.807, 2.05) is 0 Å². The Bertz CT molecular complexity index is 1080. The summed E-state index contributed by atoms with van der Waals surface area (Å²) in [4.78, 5) is 17.4. The number of para-hydroxylation sites is 1. The molecular formula is C25H32ClN3O3S. The number of rotatable bonds is 9. The summed E-state index contributed by atoms with van der Waals surface area (Å²) in [5.41, 5.74) is 0.734. The molecule has 1 aliphatic heterocycles. The van der Waals surface area contributed by atoms with Crippen molar-refractivity contribution in [1.82, 2.24) is 9.80 Å². The van der Waals surface area contributed by atoms with Gasteiger partial charge in [0.1, 0.15) is 0 Å². The number of benzene rings is 2. The Hall–Kier alpha value is -2.35. The van der Waals surface area contributed by atoms with Crippen LogP contribution in [0.15, 0.2) is 66.1 Å². The first-order chi connectivity index (χ1) is 15.7. The van der Waals surface area contributed by atoms with Crippen LogP contribution in [0.1, 0.15) is 30.6 Å². The lowest BCUT2D eigenvalue weighted by atomic mass is 10.1. The van der Waals surface area contributed by atoms with Gasteiger partial charge < -0.3 is 4.90 Å². The summed E-state index contributed by atoms with van der Waals surface area (Å²) in [5, 5.41) is 0.325. The Morgan fingerprint density at radius 1 is 1.12 bits per heavy atom. The van der Waals surface area contributed by atoms with Gasteiger partial charge in [0.25, 0.3) is 15.9 Å². The zero-order chi connectivity index (χ0) is 24.0. The molecule has 0 saturated carbocycles. The van der Waals surface area contributed by atoms with Crippen molar-refractivity contribution in [3.63, 3.8) is 0 Å². The number of halogens is 1. The SMILES string of the molecule is C=CCN(c1ccccc1Cl)S(=O)(=O)c1cccc(C(=O)N2CCN(CCC(C)C)CC2)c1. The summed E-state index contributed by atoms with van der Waals surface area (Å²) in [6, 6.07) is 13.0. The van der Waals surface area contributed by atoms with Crippen molar-refractivity contribution in [1.29, 1.82) is 0 Å². The van der Waals surface area contributed by atoms with E-state index in [9.17, 15) is 13.2 Å². The molecule has 0 spiro atoms. The largest absolute Gasteiger partial charge is 0.336 e. The maximum Gasteiger partial charge on any atom is 0.264 e. The van der Waals surface area contributed by atoms with Gasteiger partial charge in [-0.3, -0.25) is 14.0 Å². The maximum atomic E-state index is 13.5. The van der Waals surface area contributed by atoms with Gasteiger partial charge in [-0.2, -0.15) is 0 Å². The smallest absolute Gasteiger partial charge is 0.264 e. The van der Waals surface area contributed by atoms with E-state index in [1.165, 1.54) is 22.5 Å². The van der Waals surface area contributed by atoms with Crippen molar-refractivity contribution < 1.29 is 13.2 Å². The highest BCUT2D eigenvalue weighted by Crippen LogP contribution is 2.30. The number of hydrogen-bond donors (Lipinski definition) is 0. The molecule has 6 nitrogen and oxygen atoms in total. The second-order valence-corrected chi connectivity index (χ2v) is 10.9. The number of carbonyl (C=O) groups is 1. The predicted octanol–water partition coefficient (Wildman–Crippen LogP) is 4.53. The summed E-state index contributed by atoms with van der Waals surface area (Å²) >= 11 is 6.28. The van der Waals surface area contributed by atoms with E-state index in [0.717, 1.165) is 26.1 Å². The first-order valence-electron chi connectivity index (χ1n) is 11.2. The molecule has 1 aliphatic rings. The number of hydrogen-bond acceptors (Lipinski definition) is 4. The number of nitrogens with zero attached hydrogens (tertiary/aromatic N) is 3. The zero-order valence-electron chi connectivity index (χ0n) is 19.3. The maximum absolute atomic E-state index is 13.5. The fourth-order valence-corrected chi connectivity index (χ4v) is 5.60. The molecule has 1 fully saturated rings. The fourth-order valence-electron chi connectivity index (χ4n) is 3.81. The van der Waals surface area contributed by atoms with Gasteiger partial charge in [0.15, 0.2) is 0 Å². The predicted molar refractivity (Wildman–Crippen MR) is 134 cm³/mol. The van der Waals surface area contributed by atoms with Crippen LogP contribution in [0.4, 0.5) is 5.69 Å². The number of amides is 1. The third-order valence-electron chi connectivity index (χ3n) is 5.77. The zero-order valence-corrected chi connectivity index (χ0v) is 20.9. The van der Waals surface area contributed by atoms with Gasteiger partial charge >= 0.3 is 0 Å². The van der Waals surface area contributed by atoms with Crippen molar-refractivity contribution in [3.05, 3.63) is 71.8 Å². The Morgan fingerprint density at radius 3 is 2.45 bits per heavy atom. The lowest BCUT2D eigenvalue weighted by molar-refractivity contribution is 0.0631. The van der Waals surface area contributed by atoms with Crippen molar-refractivity contribution in [2.75, 3.05) is 43.6 Å². The van der Waals surface area contributed by atoms with Crippen LogP contribution in [-0.4, -0.2) is 63.4 Å². The highest BCUT2D eigenvalue weighted by molar-refractivity contribution is 7.92. The summed E-state index contributed by atoms with van der Waals surface area (Å²) in [7, 11) is -3.95. The van der Waals surface area contributed by atoms with Crippen LogP contribution in [-0.2, 0) is 10.0 Å². The molecule has 2 aromatic carbocycles. The molecule has 8 heteroatoms. The topological polar surface area (TPSA) is 60.9 Å². The van der Waals surface area contributed by atoms with E-state index in [4.69, 9.17) is 11.6 Å². The molecule has 33 heavy (non-hydrogen) atoms. The summed E-state index contributed by atoms with van der Waals surface area (Å²) in [6.07, 6.45) is 2.65. The Kier molecular flexibility index (Phi) is 8.57. The van der Waals surface area contributed by atoms with Crippen LogP contribution in [0.2, 0.25) is 5.02 Å². The average Bonchev–Trinajstić information content (AvgIpc) is 2.81. The molecule has 0 radical (unpaired) electrons. The van der Waals surface area contributed by atoms with Crippen LogP contribution in [0, 0.1) is 5.92 Å². The molecule has 1 amide bonds. The summed E-state index contributed by atoms with van der Waals surface area (Å²) in [5.74, 6) is 0.504. The van der Waals surface area contributed by atoms with Gasteiger partial charge in [0, 0.05) is 31.7 Å². The quantitative estimate of drug-likeness (QED) is 0.486. The average molecular weight is 490 g/mol. The van der Waals surface area contributed by atoms with E-state index in [-0.39, 0.29) is 17.3 Å². The van der Waals surface area contributed by atoms with Crippen molar-refractivity contribution in [2.24, 2.45) is 5.92 Å². The molecule has 1 heterocycles. The molecule has 0 aliphatic carbocycles. The third kappa shape index (κ3) is 6.16. The second-order valence-electron chi connectivity index (χ2n) is 8.62. The molecule has 0 unspecified atom stereocenters. The van der Waals surface area contributed by atoms with Gasteiger partial charge in [-0.15, -0.1) is 6.58 Å². The van der Waals surface area contributed by atoms with Gasteiger partial charge in [0.05, 0.1) is 22.2 Å². The Balaban J connectivity index is 1.79. The first kappa shape index (κ1) is 25.3. The molecule has 178 valence electrons. The van der Waals surface area contributed by atoms with Crippen LogP contribution in [0.3, 0.4) is 0 Å². The van der Waals surface area contributed by atoms with E-state index in [0.29, 0.717) is 35.3 Å². The van der Waals surface area contributed by atoms with Gasteiger partial charge in [0.2, 0.25) is 0 Å². The second kappa shape index (κ2) is 11.2. The number of carbonyl (C=O) groups excluding carboxylic acids is 1. The monoisotopic (exact) mass is 489 g/mol. The highest BCUT2D eigenvalue weighted by Gasteiger charge is 2.28. The molecule has 0 atom stereocenters. The molecular weight excluding hydrogens is 458 g/mol. The van der Waals surface area contributed by atoms with Crippen LogP contribution in [0.5, 0.6) is 0 Å². The van der Waals surface area contributed by atoms with Crippen molar-refractivity contribution in [3.8, 4) is 0 Å². The molecule has 0 N–H and O–H groups in total. The fraction of sp³-hybridized carbons (Fsp3) is 0.400. The molecule has 2 aromatic rings. The van der Waals surface area contributed by atoms with Crippen LogP contribution in [0.25, 0.3) is 0 Å². The minimum Gasteiger partial charge on any atom is -0.336 e. The third-order valence-corrected chi connectivity index (χ3v) is 7.86. The van der Waals surface area contributed by atoms with E-state index in [1.54, 1.807) is 41.3 Å². The van der Waals surface area contributed by atoms with Gasteiger partial charge in [-0.05, 0) is 49.2 Å². The molecule has 0 bridgehead atoms. The van der Waals surface area contributed by atoms with E-state index >= 15 is 0 Å². The highest BCUT2D eigenvalue weighted by atomic mass is 35.5. The van der Waals surface area contributed by atoms with E-state index < -0.39 is 10.0 Å². The minimum absolute atomic E-state index is 0.0469. The van der Waals surface area contributed by atoms with E-state index in [2.05, 4.69) is 25.3 Å². The lowest BCUT2D eigenvalue weighted by Crippen LogP contribution is -2.49. The first-order valence-corrected chi connectivity index (χ1v) is 13.1. The van der Waals surface area contributed by atoms with Crippen LogP contribution < -0.4 is 4.31 Å². The summed E-state index contributed by atoms with van der Waals surface area (Å²) in [6.45, 7) is 12.1. The molecule has 3 rings (SSSR count). The Labute approximate surface area is 202 Å².